The molecule has 0 spiro atoms. The van der Waals surface area contributed by atoms with Gasteiger partial charge in [0.15, 0.2) is 0 Å². The van der Waals surface area contributed by atoms with E-state index in [1.807, 2.05) is 0 Å². The Bertz CT molecular complexity index is 11.6. The first kappa shape index (κ1) is 27.9. The molecular weight excluding hydrogens is 109 g/mol. The average Bonchev–Trinajstić information content (AvgIpc) is 0. The molecule has 0 aromatic heterocycles. The topological polar surface area (TPSA) is 30.0 Å². The Labute approximate surface area is 95.4 Å². The molecule has 4 heavy (non-hydrogen) atoms. The van der Waals surface area contributed by atoms with E-state index in [0.717, 1.165) is 0 Å². The first-order valence-corrected chi connectivity index (χ1v) is 0. The molecule has 0 saturated carbocycles. The summed E-state index contributed by atoms with van der Waals surface area (Å²) >= 11 is 0. The van der Waals surface area contributed by atoms with Crippen LogP contribution in [0.3, 0.4) is 0 Å². The molecule has 0 aliphatic carbocycles. The predicted octanol–water partition coefficient (Wildman–Crippen LogP) is -6.00. The molecule has 1 unspecified atom stereocenters. The van der Waals surface area contributed by atoms with Crippen molar-refractivity contribution < 1.29 is 87.8 Å². The van der Waals surface area contributed by atoms with Gasteiger partial charge in [0.25, 0.3) is 0 Å². The zero-order chi connectivity index (χ0) is 0. The molecule has 0 saturated heterocycles. The average molecular weight is 114 g/mol. The number of hydrogen-bond donors (Lipinski definition) is 0. The van der Waals surface area contributed by atoms with Crippen LogP contribution >= 0.6 is 9.90 Å². The second-order valence-corrected chi connectivity index (χ2v) is 0. The van der Waals surface area contributed by atoms with E-state index >= 15 is 0 Å². The fourth-order valence-electron chi connectivity index (χ4n) is 0. The molecule has 0 amide bonds. The van der Waals surface area contributed by atoms with Gasteiger partial charge in [-0.3, -0.25) is 0 Å². The molecule has 0 aromatic rings. The second-order valence-electron chi connectivity index (χ2n) is 0. The Morgan fingerprint density at radius 3 is 1.25 bits per heavy atom. The Kier molecular flexibility index (Phi) is 116. The molecule has 0 aliphatic rings. The standard InChI is InChI=1S/K.Na.H2O.H3P.H/h;;1H2;1H3;/q2*+1;;;-1/p-1. The van der Waals surface area contributed by atoms with Gasteiger partial charge in [-0.05, 0) is 0 Å². The molecule has 1 atom stereocenters. The fraction of sp³-hybridized carbons (Fsp3) is 0. The Balaban J connectivity index is 0. The molecule has 0 heterocycles. The van der Waals surface area contributed by atoms with E-state index in [4.69, 9.17) is 0 Å². The minimum absolute atomic E-state index is 0. The molecule has 0 fully saturated rings. The van der Waals surface area contributed by atoms with E-state index in [1.165, 1.54) is 0 Å². The van der Waals surface area contributed by atoms with Crippen LogP contribution in [0.5, 0.6) is 0 Å². The van der Waals surface area contributed by atoms with Crippen LogP contribution in [-0.2, 0) is 0 Å². The van der Waals surface area contributed by atoms with E-state index in [1.54, 1.807) is 0 Å². The van der Waals surface area contributed by atoms with Crippen molar-refractivity contribution in [3.63, 3.8) is 0 Å². The third-order valence-electron chi connectivity index (χ3n) is 0. The Morgan fingerprint density at radius 2 is 1.25 bits per heavy atom. The van der Waals surface area contributed by atoms with E-state index in [-0.39, 0.29) is 97.7 Å². The predicted molar refractivity (Wildman–Crippen MR) is 14.2 cm³/mol. The third-order valence-corrected chi connectivity index (χ3v) is 0. The van der Waals surface area contributed by atoms with Crippen molar-refractivity contribution in [2.75, 3.05) is 0 Å². The third kappa shape index (κ3) is 8.90. The summed E-state index contributed by atoms with van der Waals surface area (Å²) in [5.74, 6) is 0. The summed E-state index contributed by atoms with van der Waals surface area (Å²) < 4.78 is 0. The van der Waals surface area contributed by atoms with Crippen molar-refractivity contribution >= 4 is 9.90 Å². The first-order valence-electron chi connectivity index (χ1n) is 0. The molecule has 18 valence electrons. The molecule has 4 heteroatoms. The van der Waals surface area contributed by atoms with Crippen LogP contribution < -0.4 is 80.9 Å². The summed E-state index contributed by atoms with van der Waals surface area (Å²) in [6.45, 7) is 0. The van der Waals surface area contributed by atoms with Gasteiger partial charge in [0.1, 0.15) is 0 Å². The van der Waals surface area contributed by atoms with Gasteiger partial charge in [-0.1, -0.05) is 0 Å². The molecule has 0 rings (SSSR count). The quantitative estimate of drug-likeness (QED) is 0.228. The molecule has 0 aromatic carbocycles. The van der Waals surface area contributed by atoms with Crippen molar-refractivity contribution in [1.82, 2.24) is 0 Å². The summed E-state index contributed by atoms with van der Waals surface area (Å²) in [4.78, 5) is 0. The van der Waals surface area contributed by atoms with Crippen LogP contribution in [0.15, 0.2) is 0 Å². The summed E-state index contributed by atoms with van der Waals surface area (Å²) in [6, 6.07) is 0. The van der Waals surface area contributed by atoms with Crippen LogP contribution in [0.2, 0.25) is 0 Å². The van der Waals surface area contributed by atoms with Gasteiger partial charge >= 0.3 is 80.9 Å². The van der Waals surface area contributed by atoms with Crippen LogP contribution in [0.4, 0.5) is 0 Å². The van der Waals surface area contributed by atoms with Crippen LogP contribution in [0.25, 0.3) is 0 Å². The van der Waals surface area contributed by atoms with Gasteiger partial charge in [-0.2, -0.15) is 9.90 Å². The van der Waals surface area contributed by atoms with Crippen molar-refractivity contribution in [2.45, 2.75) is 0 Å². The normalized spacial score (nSPS) is 0. The SMILES string of the molecule is P.[H-].[K+].[Na+].[OH-]. The number of rotatable bonds is 0. The minimum atomic E-state index is 0. The van der Waals surface area contributed by atoms with Crippen LogP contribution in [-0.4, -0.2) is 5.48 Å². The van der Waals surface area contributed by atoms with Gasteiger partial charge < -0.3 is 6.90 Å². The monoisotopic (exact) mass is 114 g/mol. The van der Waals surface area contributed by atoms with Crippen molar-refractivity contribution in [3.05, 3.63) is 0 Å². The molecular formula is H5KNaOP. The van der Waals surface area contributed by atoms with Gasteiger partial charge in [-0.25, -0.2) is 0 Å². The molecule has 0 bridgehead atoms. The molecule has 1 nitrogen and oxygen atoms in total. The van der Waals surface area contributed by atoms with E-state index in [2.05, 4.69) is 0 Å². The molecule has 0 aliphatic heterocycles. The largest absolute Gasteiger partial charge is 1.00 e. The van der Waals surface area contributed by atoms with E-state index in [9.17, 15) is 0 Å². The van der Waals surface area contributed by atoms with Crippen molar-refractivity contribution in [3.8, 4) is 0 Å². The Morgan fingerprint density at radius 1 is 1.25 bits per heavy atom. The summed E-state index contributed by atoms with van der Waals surface area (Å²) in [6.07, 6.45) is 0. The maximum absolute atomic E-state index is 0. The maximum atomic E-state index is 0. The Hall–Kier alpha value is 3.03. The summed E-state index contributed by atoms with van der Waals surface area (Å²) in [5.41, 5.74) is 0. The zero-order valence-electron chi connectivity index (χ0n) is 4.15. The van der Waals surface area contributed by atoms with Crippen molar-refractivity contribution in [1.29, 1.82) is 0 Å². The second kappa shape index (κ2) is 16.6. The minimum Gasteiger partial charge on any atom is -1.00 e. The fourth-order valence-corrected chi connectivity index (χ4v) is 0. The summed E-state index contributed by atoms with van der Waals surface area (Å²) in [5, 5.41) is 0. The van der Waals surface area contributed by atoms with Gasteiger partial charge in [0, 0.05) is 0 Å². The van der Waals surface area contributed by atoms with E-state index in [0.29, 0.717) is 0 Å². The van der Waals surface area contributed by atoms with Gasteiger partial charge in [0.2, 0.25) is 0 Å². The smallest absolute Gasteiger partial charge is 1.00 e. The maximum Gasteiger partial charge on any atom is 1.00 e. The summed E-state index contributed by atoms with van der Waals surface area (Å²) in [7, 11) is 0. The molecule has 1 N–H and O–H groups in total. The number of hydrogen-bond acceptors (Lipinski definition) is 1. The van der Waals surface area contributed by atoms with Gasteiger partial charge in [-0.15, -0.1) is 0 Å². The van der Waals surface area contributed by atoms with Gasteiger partial charge in [0.05, 0.1) is 0 Å². The van der Waals surface area contributed by atoms with Crippen molar-refractivity contribution in [2.24, 2.45) is 0 Å². The first-order chi connectivity index (χ1) is 0. The molecule has 0 radical (unpaired) electrons. The zero-order valence-corrected chi connectivity index (χ0v) is 9.69. The van der Waals surface area contributed by atoms with Crippen LogP contribution in [0, 0.1) is 0 Å². The van der Waals surface area contributed by atoms with Crippen LogP contribution in [0.1, 0.15) is 1.43 Å². The van der Waals surface area contributed by atoms with E-state index < -0.39 is 0 Å².